The summed E-state index contributed by atoms with van der Waals surface area (Å²) in [6.07, 6.45) is 1.58. The van der Waals surface area contributed by atoms with E-state index in [-0.39, 0.29) is 41.1 Å². The number of benzene rings is 1. The van der Waals surface area contributed by atoms with Gasteiger partial charge < -0.3 is 15.2 Å². The number of aliphatic imine (C=N–C) groups is 1. The van der Waals surface area contributed by atoms with Crippen molar-refractivity contribution in [1.82, 2.24) is 20.8 Å². The number of aryl methyl sites for hydroxylation is 1. The summed E-state index contributed by atoms with van der Waals surface area (Å²) in [7, 11) is 0. The highest BCUT2D eigenvalue weighted by Gasteiger charge is 2.21. The monoisotopic (exact) mass is 517 g/mol. The Morgan fingerprint density at radius 2 is 2.03 bits per heavy atom. The first-order valence-corrected chi connectivity index (χ1v) is 9.92. The van der Waals surface area contributed by atoms with E-state index in [1.54, 1.807) is 12.1 Å². The molecular weight excluding hydrogens is 484 g/mol. The topological polar surface area (TPSA) is 75.3 Å². The first kappa shape index (κ1) is 25.3. The smallest absolute Gasteiger partial charge is 0.226 e. The van der Waals surface area contributed by atoms with Crippen LogP contribution in [0.15, 0.2) is 33.8 Å². The van der Waals surface area contributed by atoms with Gasteiger partial charge in [-0.25, -0.2) is 4.39 Å². The van der Waals surface area contributed by atoms with E-state index < -0.39 is 0 Å². The minimum atomic E-state index is -0.262. The molecule has 162 valence electrons. The molecule has 0 radical (unpaired) electrons. The second-order valence-electron chi connectivity index (χ2n) is 7.82. The number of hydrogen-bond donors (Lipinski definition) is 2. The van der Waals surface area contributed by atoms with Crippen LogP contribution in [0.3, 0.4) is 0 Å². The largest absolute Gasteiger partial charge is 0.357 e. The summed E-state index contributed by atoms with van der Waals surface area (Å²) in [5, 5.41) is 10.6. The predicted octanol–water partition coefficient (Wildman–Crippen LogP) is 4.42. The predicted molar refractivity (Wildman–Crippen MR) is 126 cm³/mol. The molecule has 0 atom stereocenters. The third kappa shape index (κ3) is 8.28. The summed E-state index contributed by atoms with van der Waals surface area (Å²) in [6, 6.07) is 6.71. The van der Waals surface area contributed by atoms with Crippen LogP contribution in [0.2, 0.25) is 0 Å². The molecule has 0 saturated carbocycles. The van der Waals surface area contributed by atoms with E-state index in [9.17, 15) is 4.39 Å². The lowest BCUT2D eigenvalue weighted by molar-refractivity contribution is 0.368. The zero-order valence-electron chi connectivity index (χ0n) is 18.0. The van der Waals surface area contributed by atoms with Gasteiger partial charge in [-0.05, 0) is 31.0 Å². The molecule has 0 unspecified atom stereocenters. The van der Waals surface area contributed by atoms with Crippen molar-refractivity contribution >= 4 is 29.9 Å². The molecular formula is C21H33FIN5O. The zero-order chi connectivity index (χ0) is 20.6. The highest BCUT2D eigenvalue weighted by molar-refractivity contribution is 14.0. The normalized spacial score (nSPS) is 12.0. The quantitative estimate of drug-likeness (QED) is 0.223. The molecule has 0 amide bonds. The fourth-order valence-electron chi connectivity index (χ4n) is 2.67. The number of aromatic nitrogens is 2. The highest BCUT2D eigenvalue weighted by atomic mass is 127. The number of hydrogen-bond acceptors (Lipinski definition) is 4. The Morgan fingerprint density at radius 3 is 2.66 bits per heavy atom. The lowest BCUT2D eigenvalue weighted by Crippen LogP contribution is -2.39. The van der Waals surface area contributed by atoms with Gasteiger partial charge in [-0.1, -0.05) is 45.0 Å². The molecule has 0 aliphatic rings. The van der Waals surface area contributed by atoms with Crippen LogP contribution in [-0.2, 0) is 11.8 Å². The third-order valence-electron chi connectivity index (χ3n) is 4.44. The van der Waals surface area contributed by atoms with E-state index in [2.05, 4.69) is 39.6 Å². The molecule has 29 heavy (non-hydrogen) atoms. The van der Waals surface area contributed by atoms with E-state index in [0.717, 1.165) is 43.3 Å². The van der Waals surface area contributed by atoms with E-state index in [0.29, 0.717) is 12.4 Å². The second-order valence-corrected chi connectivity index (χ2v) is 7.82. The number of rotatable bonds is 9. The maximum absolute atomic E-state index is 13.5. The van der Waals surface area contributed by atoms with Crippen LogP contribution in [0.1, 0.15) is 64.2 Å². The van der Waals surface area contributed by atoms with Crippen molar-refractivity contribution in [3.63, 3.8) is 0 Å². The van der Waals surface area contributed by atoms with Crippen molar-refractivity contribution < 1.29 is 8.91 Å². The van der Waals surface area contributed by atoms with Crippen molar-refractivity contribution in [2.45, 2.75) is 58.8 Å². The molecule has 0 bridgehead atoms. The van der Waals surface area contributed by atoms with Gasteiger partial charge in [-0.3, -0.25) is 4.99 Å². The highest BCUT2D eigenvalue weighted by Crippen LogP contribution is 2.24. The van der Waals surface area contributed by atoms with E-state index in [1.807, 2.05) is 26.8 Å². The Bertz CT molecular complexity index is 776. The van der Waals surface area contributed by atoms with Gasteiger partial charge in [-0.2, -0.15) is 4.98 Å². The Kier molecular flexibility index (Phi) is 10.6. The molecule has 0 aliphatic heterocycles. The first-order valence-electron chi connectivity index (χ1n) is 9.92. The molecule has 1 aromatic heterocycles. The summed E-state index contributed by atoms with van der Waals surface area (Å²) >= 11 is 0. The van der Waals surface area contributed by atoms with Crippen LogP contribution in [0.25, 0.3) is 0 Å². The van der Waals surface area contributed by atoms with Gasteiger partial charge >= 0.3 is 0 Å². The van der Waals surface area contributed by atoms with E-state index in [4.69, 9.17) is 4.52 Å². The van der Waals surface area contributed by atoms with Gasteiger partial charge in [0.25, 0.3) is 0 Å². The summed E-state index contributed by atoms with van der Waals surface area (Å²) in [5.41, 5.74) is 0.672. The maximum Gasteiger partial charge on any atom is 0.226 e. The SMILES string of the molecule is CCNC(=NCC(C)(C)c1cccc(F)c1)NCCCc1nc(C(C)C)no1.I. The van der Waals surface area contributed by atoms with Crippen LogP contribution >= 0.6 is 24.0 Å². The first-order chi connectivity index (χ1) is 13.3. The van der Waals surface area contributed by atoms with Crippen LogP contribution < -0.4 is 10.6 Å². The number of guanidine groups is 1. The van der Waals surface area contributed by atoms with Crippen molar-refractivity contribution in [2.24, 2.45) is 4.99 Å². The Morgan fingerprint density at radius 1 is 1.28 bits per heavy atom. The molecule has 0 aliphatic carbocycles. The molecule has 2 aromatic rings. The fourth-order valence-corrected chi connectivity index (χ4v) is 2.67. The van der Waals surface area contributed by atoms with Crippen molar-refractivity contribution in [3.05, 3.63) is 47.4 Å². The summed E-state index contributed by atoms with van der Waals surface area (Å²) < 4.78 is 18.8. The summed E-state index contributed by atoms with van der Waals surface area (Å²) in [6.45, 7) is 12.3. The van der Waals surface area contributed by atoms with Gasteiger partial charge in [0.1, 0.15) is 5.82 Å². The maximum atomic E-state index is 13.5. The molecule has 0 saturated heterocycles. The van der Waals surface area contributed by atoms with Gasteiger partial charge in [0.05, 0.1) is 6.54 Å². The molecule has 0 spiro atoms. The minimum absolute atomic E-state index is 0. The second kappa shape index (κ2) is 12.1. The van der Waals surface area contributed by atoms with Crippen molar-refractivity contribution in [2.75, 3.05) is 19.6 Å². The summed E-state index contributed by atoms with van der Waals surface area (Å²) in [4.78, 5) is 9.07. The zero-order valence-corrected chi connectivity index (χ0v) is 20.3. The standard InChI is InChI=1S/C21H32FN5O.HI/c1-6-23-20(24-12-8-11-18-26-19(15(2)3)27-28-18)25-14-21(4,5)16-9-7-10-17(22)13-16;/h7,9-10,13,15H,6,8,11-12,14H2,1-5H3,(H2,23,24,25);1H. The average molecular weight is 517 g/mol. The van der Waals surface area contributed by atoms with Crippen molar-refractivity contribution in [3.8, 4) is 0 Å². The lowest BCUT2D eigenvalue weighted by Gasteiger charge is -2.24. The summed E-state index contributed by atoms with van der Waals surface area (Å²) in [5.74, 6) is 2.21. The number of nitrogens with zero attached hydrogens (tertiary/aromatic N) is 3. The Balaban J connectivity index is 0.00000420. The number of halogens is 2. The van der Waals surface area contributed by atoms with E-state index in [1.165, 1.54) is 6.07 Å². The van der Waals surface area contributed by atoms with Crippen LogP contribution in [0.4, 0.5) is 4.39 Å². The molecule has 6 nitrogen and oxygen atoms in total. The van der Waals surface area contributed by atoms with Crippen LogP contribution in [0, 0.1) is 5.82 Å². The molecule has 1 aromatic carbocycles. The minimum Gasteiger partial charge on any atom is -0.357 e. The molecule has 8 heteroatoms. The fraction of sp³-hybridized carbons (Fsp3) is 0.571. The molecule has 2 N–H and O–H groups in total. The third-order valence-corrected chi connectivity index (χ3v) is 4.44. The number of nitrogens with one attached hydrogen (secondary N) is 2. The molecule has 1 heterocycles. The van der Waals surface area contributed by atoms with Gasteiger partial charge in [0, 0.05) is 30.8 Å². The van der Waals surface area contributed by atoms with Crippen LogP contribution in [-0.4, -0.2) is 35.7 Å². The lowest BCUT2D eigenvalue weighted by atomic mass is 9.85. The average Bonchev–Trinajstić information content (AvgIpc) is 3.12. The van der Waals surface area contributed by atoms with E-state index >= 15 is 0 Å². The Labute approximate surface area is 190 Å². The van der Waals surface area contributed by atoms with Gasteiger partial charge in [0.15, 0.2) is 11.8 Å². The van der Waals surface area contributed by atoms with Gasteiger partial charge in [0.2, 0.25) is 5.89 Å². The van der Waals surface area contributed by atoms with Crippen LogP contribution in [0.5, 0.6) is 0 Å². The van der Waals surface area contributed by atoms with Gasteiger partial charge in [-0.15, -0.1) is 24.0 Å². The van der Waals surface area contributed by atoms with Crippen molar-refractivity contribution in [1.29, 1.82) is 0 Å². The molecule has 0 fully saturated rings. The molecule has 2 rings (SSSR count). The Hall–Kier alpha value is -1.71.